The lowest BCUT2D eigenvalue weighted by Gasteiger charge is -2.22. The van der Waals surface area contributed by atoms with Crippen LogP contribution < -0.4 is 5.73 Å². The molecular weight excluding hydrogens is 270 g/mol. The van der Waals surface area contributed by atoms with Gasteiger partial charge in [-0.2, -0.15) is 13.2 Å². The van der Waals surface area contributed by atoms with E-state index in [4.69, 9.17) is 5.73 Å². The molecule has 0 saturated heterocycles. The third kappa shape index (κ3) is 2.78. The van der Waals surface area contributed by atoms with Gasteiger partial charge in [0.2, 0.25) is 5.82 Å². The first-order chi connectivity index (χ1) is 8.73. The van der Waals surface area contributed by atoms with Crippen LogP contribution in [0.2, 0.25) is 0 Å². The maximum atomic E-state index is 13.6. The Balaban J connectivity index is 3.16. The summed E-state index contributed by atoms with van der Waals surface area (Å²) < 4.78 is 57.1. The van der Waals surface area contributed by atoms with E-state index in [0.29, 0.717) is 12.1 Å². The highest BCUT2D eigenvalue weighted by atomic mass is 19.3. The van der Waals surface area contributed by atoms with E-state index in [1.165, 1.54) is 6.92 Å². The molecule has 0 aliphatic rings. The van der Waals surface area contributed by atoms with Crippen LogP contribution in [-0.2, 0) is 9.53 Å². The quantitative estimate of drug-likeness (QED) is 0.652. The Bertz CT molecular complexity index is 493. The van der Waals surface area contributed by atoms with E-state index in [1.54, 1.807) is 0 Å². The summed E-state index contributed by atoms with van der Waals surface area (Å²) in [6.45, 7) is 1.01. The molecule has 0 aromatic heterocycles. The number of ether oxygens (including phenoxy) is 1. The first kappa shape index (κ1) is 15.2. The average molecular weight is 281 g/mol. The van der Waals surface area contributed by atoms with Gasteiger partial charge in [-0.05, 0) is 13.0 Å². The van der Waals surface area contributed by atoms with E-state index in [-0.39, 0.29) is 6.61 Å². The van der Waals surface area contributed by atoms with Gasteiger partial charge in [0, 0.05) is 5.56 Å². The van der Waals surface area contributed by atoms with Crippen LogP contribution >= 0.6 is 0 Å². The summed E-state index contributed by atoms with van der Waals surface area (Å²) in [5.41, 5.74) is 4.33. The monoisotopic (exact) mass is 281 g/mol. The molecule has 0 amide bonds. The lowest BCUT2D eigenvalue weighted by atomic mass is 10.00. The van der Waals surface area contributed by atoms with E-state index >= 15 is 0 Å². The van der Waals surface area contributed by atoms with Crippen LogP contribution in [0.3, 0.4) is 0 Å². The molecule has 19 heavy (non-hydrogen) atoms. The molecule has 0 saturated carbocycles. The molecule has 0 fully saturated rings. The summed E-state index contributed by atoms with van der Waals surface area (Å²) >= 11 is 0. The highest BCUT2D eigenvalue weighted by molar-refractivity contribution is 5.79. The number of hydrogen-bond acceptors (Lipinski definition) is 4. The van der Waals surface area contributed by atoms with Gasteiger partial charge in [0.25, 0.3) is 0 Å². The Morgan fingerprint density at radius 2 is 2.05 bits per heavy atom. The highest BCUT2D eigenvalue weighted by Gasteiger charge is 2.49. The van der Waals surface area contributed by atoms with Gasteiger partial charge in [-0.1, -0.05) is 6.07 Å². The number of nitrogens with two attached hydrogens (primary N) is 1. The number of aromatic hydroxyl groups is 1. The summed E-state index contributed by atoms with van der Waals surface area (Å²) in [4.78, 5) is 11.0. The molecule has 0 unspecified atom stereocenters. The number of carbonyl (C=O) groups excluding carboxylic acids is 1. The van der Waals surface area contributed by atoms with Gasteiger partial charge in [-0.3, -0.25) is 0 Å². The molecule has 1 rings (SSSR count). The van der Waals surface area contributed by atoms with Gasteiger partial charge >= 0.3 is 11.9 Å². The maximum Gasteiger partial charge on any atom is 0.379 e. The normalized spacial score (nSPS) is 13.2. The summed E-state index contributed by atoms with van der Waals surface area (Å²) in [5.74, 6) is -10.6. The minimum absolute atomic E-state index is 0.301. The molecule has 0 radical (unpaired) electrons. The van der Waals surface area contributed by atoms with Crippen molar-refractivity contribution in [1.29, 1.82) is 0 Å². The van der Waals surface area contributed by atoms with Gasteiger partial charge in [0.15, 0.2) is 11.6 Å². The number of phenolic OH excluding ortho intramolecular Hbond substituents is 1. The van der Waals surface area contributed by atoms with Crippen molar-refractivity contribution in [3.63, 3.8) is 0 Å². The lowest BCUT2D eigenvalue weighted by Crippen LogP contribution is -2.41. The Morgan fingerprint density at radius 1 is 1.47 bits per heavy atom. The first-order valence-electron chi connectivity index (χ1n) is 5.20. The van der Waals surface area contributed by atoms with E-state index < -0.39 is 40.9 Å². The second kappa shape index (κ2) is 5.43. The Labute approximate surface area is 105 Å². The summed E-state index contributed by atoms with van der Waals surface area (Å²) in [6, 6.07) is -1.17. The summed E-state index contributed by atoms with van der Waals surface area (Å²) in [6.07, 6.45) is 0. The van der Waals surface area contributed by atoms with Crippen molar-refractivity contribution in [3.05, 3.63) is 29.3 Å². The molecule has 106 valence electrons. The molecular formula is C11H11F4NO3. The van der Waals surface area contributed by atoms with Crippen LogP contribution in [0.4, 0.5) is 17.6 Å². The van der Waals surface area contributed by atoms with Crippen molar-refractivity contribution in [1.82, 2.24) is 0 Å². The number of esters is 1. The number of benzene rings is 1. The fourth-order valence-corrected chi connectivity index (χ4v) is 1.36. The third-order valence-corrected chi connectivity index (χ3v) is 2.37. The van der Waals surface area contributed by atoms with Crippen molar-refractivity contribution < 1.29 is 32.2 Å². The van der Waals surface area contributed by atoms with Crippen LogP contribution in [0.5, 0.6) is 5.75 Å². The minimum atomic E-state index is -4.18. The Hall–Kier alpha value is -1.83. The minimum Gasteiger partial charge on any atom is -0.505 e. The molecule has 0 bridgehead atoms. The largest absolute Gasteiger partial charge is 0.505 e. The predicted molar refractivity (Wildman–Crippen MR) is 56.5 cm³/mol. The van der Waals surface area contributed by atoms with Gasteiger partial charge in [-0.25, -0.2) is 9.18 Å². The molecule has 1 atom stereocenters. The van der Waals surface area contributed by atoms with Gasteiger partial charge < -0.3 is 15.6 Å². The fraction of sp³-hybridized carbons (Fsp3) is 0.364. The first-order valence-corrected chi connectivity index (χ1v) is 5.20. The molecule has 0 aliphatic carbocycles. The van der Waals surface area contributed by atoms with Crippen molar-refractivity contribution in [2.75, 3.05) is 6.61 Å². The zero-order valence-corrected chi connectivity index (χ0v) is 9.79. The molecule has 1 aromatic carbocycles. The van der Waals surface area contributed by atoms with Gasteiger partial charge in [0.05, 0.1) is 6.61 Å². The van der Waals surface area contributed by atoms with Crippen LogP contribution in [0.1, 0.15) is 18.5 Å². The van der Waals surface area contributed by atoms with Crippen LogP contribution in [0.15, 0.2) is 12.1 Å². The zero-order valence-electron chi connectivity index (χ0n) is 9.79. The molecule has 3 N–H and O–H groups in total. The number of halogens is 4. The highest BCUT2D eigenvalue weighted by Crippen LogP contribution is 2.36. The number of phenols is 1. The van der Waals surface area contributed by atoms with Crippen molar-refractivity contribution >= 4 is 5.97 Å². The molecule has 4 nitrogen and oxygen atoms in total. The van der Waals surface area contributed by atoms with Crippen molar-refractivity contribution in [2.24, 2.45) is 5.73 Å². The average Bonchev–Trinajstić information content (AvgIpc) is 2.35. The molecule has 0 heterocycles. The van der Waals surface area contributed by atoms with Crippen molar-refractivity contribution in [2.45, 2.75) is 18.9 Å². The summed E-state index contributed by atoms with van der Waals surface area (Å²) in [5, 5.41) is 9.24. The molecule has 1 aromatic rings. The Morgan fingerprint density at radius 3 is 2.58 bits per heavy atom. The molecule has 8 heteroatoms. The van der Waals surface area contributed by atoms with Gasteiger partial charge in [0.1, 0.15) is 6.04 Å². The van der Waals surface area contributed by atoms with Crippen LogP contribution in [0, 0.1) is 11.6 Å². The molecule has 0 spiro atoms. The van der Waals surface area contributed by atoms with Crippen molar-refractivity contribution in [3.8, 4) is 5.75 Å². The SMILES string of the molecule is CCOC(=O)C(F)(F)[C@H](N)c1ccc(F)c(F)c1O. The smallest absolute Gasteiger partial charge is 0.379 e. The number of hydrogen-bond donors (Lipinski definition) is 2. The number of alkyl halides is 2. The van der Waals surface area contributed by atoms with E-state index in [1.807, 2.05) is 0 Å². The van der Waals surface area contributed by atoms with E-state index in [0.717, 1.165) is 0 Å². The predicted octanol–water partition coefficient (Wildman–Crippen LogP) is 1.87. The summed E-state index contributed by atoms with van der Waals surface area (Å²) in [7, 11) is 0. The Kier molecular flexibility index (Phi) is 4.35. The standard InChI is InChI=1S/C11H11F4NO3/c1-2-19-10(18)11(14,15)9(16)5-3-4-6(12)7(13)8(5)17/h3-4,9,17H,2,16H2,1H3/t9-/m1/s1. The fourth-order valence-electron chi connectivity index (χ4n) is 1.36. The van der Waals surface area contributed by atoms with Crippen LogP contribution in [0.25, 0.3) is 0 Å². The molecule has 0 aliphatic heterocycles. The topological polar surface area (TPSA) is 72.5 Å². The second-order valence-electron chi connectivity index (χ2n) is 3.62. The van der Waals surface area contributed by atoms with Crippen LogP contribution in [-0.4, -0.2) is 23.6 Å². The van der Waals surface area contributed by atoms with E-state index in [9.17, 15) is 27.5 Å². The second-order valence-corrected chi connectivity index (χ2v) is 3.62. The number of rotatable bonds is 4. The zero-order chi connectivity index (χ0) is 14.8. The third-order valence-electron chi connectivity index (χ3n) is 2.37. The van der Waals surface area contributed by atoms with Gasteiger partial charge in [-0.15, -0.1) is 0 Å². The van der Waals surface area contributed by atoms with E-state index in [2.05, 4.69) is 4.74 Å². The lowest BCUT2D eigenvalue weighted by molar-refractivity contribution is -0.174. The number of carbonyl (C=O) groups is 1. The maximum absolute atomic E-state index is 13.6.